The minimum absolute atomic E-state index is 0.184. The van der Waals surface area contributed by atoms with E-state index >= 15 is 0 Å². The third-order valence-electron chi connectivity index (χ3n) is 3.52. The zero-order chi connectivity index (χ0) is 12.0. The molecule has 1 unspecified atom stereocenters. The minimum atomic E-state index is -0.699. The second-order valence-corrected chi connectivity index (χ2v) is 5.36. The van der Waals surface area contributed by atoms with E-state index in [0.717, 1.165) is 25.7 Å². The number of hydrogen-bond acceptors (Lipinski definition) is 3. The highest BCUT2D eigenvalue weighted by Crippen LogP contribution is 2.28. The summed E-state index contributed by atoms with van der Waals surface area (Å²) in [7, 11) is 0. The molecule has 0 bridgehead atoms. The van der Waals surface area contributed by atoms with E-state index in [1.807, 2.05) is 13.8 Å². The van der Waals surface area contributed by atoms with E-state index in [1.54, 1.807) is 0 Å². The Morgan fingerprint density at radius 1 is 1.12 bits per heavy atom. The lowest BCUT2D eigenvalue weighted by atomic mass is 9.82. The molecule has 0 amide bonds. The van der Waals surface area contributed by atoms with E-state index in [1.165, 1.54) is 19.3 Å². The summed E-state index contributed by atoms with van der Waals surface area (Å²) in [4.78, 5) is 0. The normalized spacial score (nSPS) is 23.8. The van der Waals surface area contributed by atoms with Gasteiger partial charge in [0.25, 0.3) is 0 Å². The first-order valence-corrected chi connectivity index (χ1v) is 6.64. The van der Waals surface area contributed by atoms with Gasteiger partial charge < -0.3 is 15.6 Å². The van der Waals surface area contributed by atoms with E-state index in [0.29, 0.717) is 6.61 Å². The third-order valence-corrected chi connectivity index (χ3v) is 3.52. The highest BCUT2D eigenvalue weighted by atomic mass is 16.5. The van der Waals surface area contributed by atoms with E-state index in [2.05, 4.69) is 0 Å². The van der Waals surface area contributed by atoms with Crippen molar-refractivity contribution in [3.63, 3.8) is 0 Å². The number of hydrogen-bond donors (Lipinski definition) is 2. The predicted octanol–water partition coefficient (Wildman–Crippen LogP) is 2.21. The first kappa shape index (κ1) is 13.9. The summed E-state index contributed by atoms with van der Waals surface area (Å²) in [6.45, 7) is 4.46. The average Bonchev–Trinajstić information content (AvgIpc) is 2.20. The third kappa shape index (κ3) is 4.40. The number of nitrogens with two attached hydrogens (primary N) is 1. The van der Waals surface area contributed by atoms with Gasteiger partial charge in [0.1, 0.15) is 0 Å². The molecule has 1 atom stereocenters. The molecular weight excluding hydrogens is 202 g/mol. The monoisotopic (exact) mass is 229 g/mol. The van der Waals surface area contributed by atoms with Crippen molar-refractivity contribution in [2.75, 3.05) is 6.61 Å². The molecule has 1 aliphatic rings. The molecule has 0 saturated heterocycles. The molecule has 0 aromatic carbocycles. The minimum Gasteiger partial charge on any atom is -0.388 e. The van der Waals surface area contributed by atoms with Crippen LogP contribution in [-0.2, 0) is 4.74 Å². The molecule has 96 valence electrons. The van der Waals surface area contributed by atoms with Gasteiger partial charge in [-0.15, -0.1) is 0 Å². The first-order valence-electron chi connectivity index (χ1n) is 6.64. The topological polar surface area (TPSA) is 55.5 Å². The molecule has 3 nitrogen and oxygen atoms in total. The Labute approximate surface area is 99.4 Å². The van der Waals surface area contributed by atoms with Gasteiger partial charge in [0.2, 0.25) is 0 Å². The van der Waals surface area contributed by atoms with Gasteiger partial charge in [-0.05, 0) is 26.7 Å². The van der Waals surface area contributed by atoms with Crippen LogP contribution in [0, 0.1) is 0 Å². The molecule has 0 heterocycles. The van der Waals surface area contributed by atoms with E-state index in [-0.39, 0.29) is 12.1 Å². The summed E-state index contributed by atoms with van der Waals surface area (Å²) in [5.41, 5.74) is 5.38. The summed E-state index contributed by atoms with van der Waals surface area (Å²) in [6.07, 6.45) is 7.76. The van der Waals surface area contributed by atoms with E-state index in [9.17, 15) is 5.11 Å². The number of aliphatic hydroxyl groups is 1. The highest BCUT2D eigenvalue weighted by molar-refractivity contribution is 4.90. The molecule has 0 spiro atoms. The van der Waals surface area contributed by atoms with Crippen LogP contribution in [0.15, 0.2) is 0 Å². The van der Waals surface area contributed by atoms with Crippen molar-refractivity contribution >= 4 is 0 Å². The van der Waals surface area contributed by atoms with Crippen molar-refractivity contribution in [1.82, 2.24) is 0 Å². The second-order valence-electron chi connectivity index (χ2n) is 5.36. The largest absolute Gasteiger partial charge is 0.388 e. The quantitative estimate of drug-likeness (QED) is 0.777. The predicted molar refractivity (Wildman–Crippen MR) is 66.3 cm³/mol. The van der Waals surface area contributed by atoms with Crippen LogP contribution in [0.1, 0.15) is 58.8 Å². The highest BCUT2D eigenvalue weighted by Gasteiger charge is 2.34. The maximum atomic E-state index is 10.6. The Kier molecular flexibility index (Phi) is 5.73. The fourth-order valence-corrected chi connectivity index (χ4v) is 2.34. The Morgan fingerprint density at radius 3 is 2.12 bits per heavy atom. The second kappa shape index (κ2) is 6.58. The van der Waals surface area contributed by atoms with Gasteiger partial charge in [0, 0.05) is 0 Å². The van der Waals surface area contributed by atoms with Crippen LogP contribution in [0.2, 0.25) is 0 Å². The smallest absolute Gasteiger partial charge is 0.0820 e. The molecule has 0 aromatic rings. The molecule has 1 fully saturated rings. The van der Waals surface area contributed by atoms with Crippen molar-refractivity contribution in [2.45, 2.75) is 76.5 Å². The van der Waals surface area contributed by atoms with E-state index in [4.69, 9.17) is 10.5 Å². The van der Waals surface area contributed by atoms with Crippen molar-refractivity contribution < 1.29 is 9.84 Å². The van der Waals surface area contributed by atoms with Crippen LogP contribution in [0.25, 0.3) is 0 Å². The molecule has 0 aromatic heterocycles. The fourth-order valence-electron chi connectivity index (χ4n) is 2.34. The van der Waals surface area contributed by atoms with Gasteiger partial charge in [0.15, 0.2) is 0 Å². The van der Waals surface area contributed by atoms with Crippen molar-refractivity contribution in [2.24, 2.45) is 5.73 Å². The Hall–Kier alpha value is -0.120. The molecule has 1 rings (SSSR count). The lowest BCUT2D eigenvalue weighted by Gasteiger charge is -2.35. The molecule has 1 saturated carbocycles. The lowest BCUT2D eigenvalue weighted by Crippen LogP contribution is -2.51. The summed E-state index contributed by atoms with van der Waals surface area (Å²) in [6, 6.07) is -0.243. The van der Waals surface area contributed by atoms with Gasteiger partial charge >= 0.3 is 0 Å². The molecule has 1 aliphatic carbocycles. The summed E-state index contributed by atoms with van der Waals surface area (Å²) >= 11 is 0. The zero-order valence-corrected chi connectivity index (χ0v) is 10.7. The van der Waals surface area contributed by atoms with Crippen molar-refractivity contribution in [3.05, 3.63) is 0 Å². The van der Waals surface area contributed by atoms with Crippen LogP contribution in [0.4, 0.5) is 0 Å². The molecular formula is C13H27NO2. The first-order chi connectivity index (χ1) is 7.54. The molecule has 0 aliphatic heterocycles. The fraction of sp³-hybridized carbons (Fsp3) is 1.00. The Bertz CT molecular complexity index is 186. The Balaban J connectivity index is 2.44. The standard InChI is InChI=1S/C13H27NO2/c1-11(2)16-10-12(14)13(15)8-6-4-3-5-7-9-13/h11-12,15H,3-10,14H2,1-2H3. The summed E-state index contributed by atoms with van der Waals surface area (Å²) in [5.74, 6) is 0. The summed E-state index contributed by atoms with van der Waals surface area (Å²) in [5, 5.41) is 10.6. The van der Waals surface area contributed by atoms with Crippen molar-refractivity contribution in [1.29, 1.82) is 0 Å². The maximum Gasteiger partial charge on any atom is 0.0820 e. The van der Waals surface area contributed by atoms with Crippen LogP contribution in [0.5, 0.6) is 0 Å². The van der Waals surface area contributed by atoms with Crippen molar-refractivity contribution in [3.8, 4) is 0 Å². The average molecular weight is 229 g/mol. The molecule has 3 heteroatoms. The van der Waals surface area contributed by atoms with Crippen LogP contribution in [0.3, 0.4) is 0 Å². The molecule has 0 radical (unpaired) electrons. The zero-order valence-electron chi connectivity index (χ0n) is 10.7. The van der Waals surface area contributed by atoms with Gasteiger partial charge in [-0.2, -0.15) is 0 Å². The van der Waals surface area contributed by atoms with Gasteiger partial charge in [-0.25, -0.2) is 0 Å². The van der Waals surface area contributed by atoms with Crippen LogP contribution < -0.4 is 5.73 Å². The van der Waals surface area contributed by atoms with E-state index < -0.39 is 5.60 Å². The number of rotatable bonds is 4. The SMILES string of the molecule is CC(C)OCC(N)C1(O)CCCCCCC1. The van der Waals surface area contributed by atoms with Gasteiger partial charge in [-0.3, -0.25) is 0 Å². The molecule has 16 heavy (non-hydrogen) atoms. The lowest BCUT2D eigenvalue weighted by molar-refractivity contribution is -0.0468. The van der Waals surface area contributed by atoms with Crippen LogP contribution in [-0.4, -0.2) is 29.5 Å². The van der Waals surface area contributed by atoms with Crippen LogP contribution >= 0.6 is 0 Å². The molecule has 3 N–H and O–H groups in total. The number of ether oxygens (including phenoxy) is 1. The Morgan fingerprint density at radius 2 is 1.62 bits per heavy atom. The van der Waals surface area contributed by atoms with Gasteiger partial charge in [-0.1, -0.05) is 32.1 Å². The van der Waals surface area contributed by atoms with Gasteiger partial charge in [0.05, 0.1) is 24.4 Å². The summed E-state index contributed by atoms with van der Waals surface area (Å²) < 4.78 is 5.51. The maximum absolute atomic E-state index is 10.6.